The van der Waals surface area contributed by atoms with Gasteiger partial charge in [-0.15, -0.1) is 0 Å². The second-order valence-electron chi connectivity index (χ2n) is 12.6. The summed E-state index contributed by atoms with van der Waals surface area (Å²) in [4.78, 5) is 0. The van der Waals surface area contributed by atoms with Crippen molar-refractivity contribution in [2.75, 3.05) is 13.1 Å². The van der Waals surface area contributed by atoms with Crippen molar-refractivity contribution in [1.29, 1.82) is 0 Å². The molecule has 8 rings (SSSR count). The van der Waals surface area contributed by atoms with E-state index in [1.165, 1.54) is 64.2 Å². The third kappa shape index (κ3) is 5.62. The molecule has 10 heteroatoms. The molecule has 8 aliphatic rings. The Morgan fingerprint density at radius 3 is 1.09 bits per heavy atom. The molecule has 0 saturated heterocycles. The Hall–Kier alpha value is 0.780. The van der Waals surface area contributed by atoms with Gasteiger partial charge in [-0.25, -0.2) is 9.44 Å². The molecule has 8 bridgehead atoms. The minimum atomic E-state index is -4.09. The van der Waals surface area contributed by atoms with Gasteiger partial charge in [0, 0.05) is 13.1 Å². The van der Waals surface area contributed by atoms with Gasteiger partial charge in [-0.2, -0.15) is 16.8 Å². The van der Waals surface area contributed by atoms with Gasteiger partial charge in [0.2, 0.25) is 0 Å². The average molecular weight is 523 g/mol. The molecule has 0 aromatic heterocycles. The molecule has 0 spiro atoms. The monoisotopic (exact) mass is 522 g/mol. The van der Waals surface area contributed by atoms with E-state index < -0.39 is 20.4 Å². The molecule has 0 aromatic rings. The molecule has 0 unspecified atom stereocenters. The fraction of sp³-hybridized carbons (Fsp3) is 1.00. The van der Waals surface area contributed by atoms with Crippen LogP contribution in [0.4, 0.5) is 0 Å². The van der Waals surface area contributed by atoms with Gasteiger partial charge in [-0.05, 0) is 136 Å². The van der Waals surface area contributed by atoms with E-state index in [9.17, 15) is 16.8 Å². The quantitative estimate of drug-likeness (QED) is 0.356. The average Bonchev–Trinajstić information content (AvgIpc) is 2.70. The Morgan fingerprint density at radius 2 is 0.794 bits per heavy atom. The van der Waals surface area contributed by atoms with Crippen molar-refractivity contribution < 1.29 is 46.4 Å². The predicted molar refractivity (Wildman–Crippen MR) is 127 cm³/mol. The van der Waals surface area contributed by atoms with E-state index in [4.69, 9.17) is 0 Å². The van der Waals surface area contributed by atoms with E-state index in [0.29, 0.717) is 24.9 Å². The predicted octanol–water partition coefficient (Wildman–Crippen LogP) is 0.174. The standard InChI is InChI=1S/C24H41N3O4S2.Na/c28-32(29,25-3-1-23-19-7-15-5-16(9-19)10-20(23)8-15)27-33(30,31)26-4-2-24-21-11-17-6-18(13-21)14-22(24)12-17;/h15-27H,1-14H2;/q;+1. The van der Waals surface area contributed by atoms with Crippen LogP contribution in [0, 0.1) is 59.2 Å². The zero-order chi connectivity index (χ0) is 22.8. The molecule has 3 N–H and O–H groups in total. The van der Waals surface area contributed by atoms with Crippen LogP contribution < -0.4 is 43.1 Å². The first kappa shape index (κ1) is 26.4. The topological polar surface area (TPSA) is 104 Å². The van der Waals surface area contributed by atoms with Gasteiger partial charge >= 0.3 is 29.6 Å². The van der Waals surface area contributed by atoms with Gasteiger partial charge in [0.05, 0.1) is 0 Å². The van der Waals surface area contributed by atoms with E-state index in [2.05, 4.69) is 9.44 Å². The zero-order valence-corrected chi connectivity index (χ0v) is 24.3. The van der Waals surface area contributed by atoms with Crippen LogP contribution in [0.25, 0.3) is 0 Å². The Balaban J connectivity index is 0.00000241. The van der Waals surface area contributed by atoms with Crippen LogP contribution in [-0.2, 0) is 20.4 Å². The summed E-state index contributed by atoms with van der Waals surface area (Å²) in [5.74, 6) is 7.77. The summed E-state index contributed by atoms with van der Waals surface area (Å²) in [6, 6.07) is 0. The zero-order valence-electron chi connectivity index (χ0n) is 20.6. The van der Waals surface area contributed by atoms with Crippen molar-refractivity contribution in [2.24, 2.45) is 59.2 Å². The van der Waals surface area contributed by atoms with Crippen molar-refractivity contribution in [1.82, 2.24) is 13.6 Å². The molecule has 0 atom stereocenters. The molecule has 8 aliphatic carbocycles. The summed E-state index contributed by atoms with van der Waals surface area (Å²) >= 11 is 0. The van der Waals surface area contributed by atoms with Crippen LogP contribution >= 0.6 is 0 Å². The molecule has 0 radical (unpaired) electrons. The maximum absolute atomic E-state index is 12.4. The summed E-state index contributed by atoms with van der Waals surface area (Å²) in [5.41, 5.74) is 0. The van der Waals surface area contributed by atoms with Gasteiger partial charge in [0.15, 0.2) is 0 Å². The molecular formula is C24H41N3NaO4S2+. The Bertz CT molecular complexity index is 825. The second kappa shape index (κ2) is 10.2. The number of nitrogens with one attached hydrogen (secondary N) is 3. The largest absolute Gasteiger partial charge is 1.00 e. The Labute approximate surface area is 228 Å². The van der Waals surface area contributed by atoms with E-state index in [0.717, 1.165) is 60.2 Å². The molecule has 8 fully saturated rings. The summed E-state index contributed by atoms with van der Waals surface area (Å²) in [6.07, 6.45) is 14.9. The first-order chi connectivity index (χ1) is 15.7. The molecule has 0 aromatic carbocycles. The van der Waals surface area contributed by atoms with E-state index in [1.807, 2.05) is 4.13 Å². The molecule has 0 heterocycles. The maximum Gasteiger partial charge on any atom is 1.00 e. The molecule has 7 nitrogen and oxygen atoms in total. The minimum Gasteiger partial charge on any atom is -0.201 e. The number of hydrogen-bond acceptors (Lipinski definition) is 4. The summed E-state index contributed by atoms with van der Waals surface area (Å²) in [7, 11) is -8.18. The molecule has 188 valence electrons. The van der Waals surface area contributed by atoms with Crippen LogP contribution in [0.5, 0.6) is 0 Å². The number of rotatable bonds is 10. The van der Waals surface area contributed by atoms with Crippen molar-refractivity contribution in [3.63, 3.8) is 0 Å². The SMILES string of the molecule is O=S(=O)(NCCC1C2CC3CC(C2)CC1C3)NS(=O)(=O)NCCC1C2CC3CC(C2)CC1C3.[Na+]. The summed E-state index contributed by atoms with van der Waals surface area (Å²) in [5, 5.41) is 0. The third-order valence-electron chi connectivity index (χ3n) is 10.6. The first-order valence-electron chi connectivity index (χ1n) is 13.5. The summed E-state index contributed by atoms with van der Waals surface area (Å²) < 4.78 is 56.5. The Morgan fingerprint density at radius 1 is 0.500 bits per heavy atom. The number of hydrogen-bond donors (Lipinski definition) is 3. The van der Waals surface area contributed by atoms with Gasteiger partial charge in [-0.3, -0.25) is 0 Å². The smallest absolute Gasteiger partial charge is 0.201 e. The van der Waals surface area contributed by atoms with Crippen LogP contribution in [0.2, 0.25) is 0 Å². The molecule has 0 amide bonds. The van der Waals surface area contributed by atoms with Gasteiger partial charge in [0.25, 0.3) is 20.4 Å². The normalized spacial score (nSPS) is 44.4. The molecule has 8 saturated carbocycles. The van der Waals surface area contributed by atoms with E-state index in [1.54, 1.807) is 0 Å². The van der Waals surface area contributed by atoms with E-state index in [-0.39, 0.29) is 29.6 Å². The van der Waals surface area contributed by atoms with Gasteiger partial charge < -0.3 is 0 Å². The van der Waals surface area contributed by atoms with Crippen LogP contribution in [0.3, 0.4) is 0 Å². The van der Waals surface area contributed by atoms with Crippen LogP contribution in [-0.4, -0.2) is 29.9 Å². The van der Waals surface area contributed by atoms with Crippen LogP contribution in [0.1, 0.15) is 77.0 Å². The Kier molecular flexibility index (Phi) is 7.88. The maximum atomic E-state index is 12.4. The van der Waals surface area contributed by atoms with Crippen LogP contribution in [0.15, 0.2) is 0 Å². The van der Waals surface area contributed by atoms with E-state index >= 15 is 0 Å². The molecular weight excluding hydrogens is 481 g/mol. The van der Waals surface area contributed by atoms with Crippen molar-refractivity contribution in [2.45, 2.75) is 77.0 Å². The fourth-order valence-corrected chi connectivity index (χ4v) is 12.3. The van der Waals surface area contributed by atoms with Gasteiger partial charge in [0.1, 0.15) is 0 Å². The summed E-state index contributed by atoms with van der Waals surface area (Å²) in [6.45, 7) is 0.622. The van der Waals surface area contributed by atoms with Crippen molar-refractivity contribution in [3.8, 4) is 0 Å². The van der Waals surface area contributed by atoms with Crippen molar-refractivity contribution >= 4 is 20.4 Å². The second-order valence-corrected chi connectivity index (χ2v) is 15.9. The molecule has 0 aliphatic heterocycles. The van der Waals surface area contributed by atoms with Gasteiger partial charge in [-0.1, -0.05) is 4.13 Å². The minimum absolute atomic E-state index is 0. The third-order valence-corrected chi connectivity index (χ3v) is 13.5. The van der Waals surface area contributed by atoms with Crippen molar-refractivity contribution in [3.05, 3.63) is 0 Å². The fourth-order valence-electron chi connectivity index (χ4n) is 9.94. The molecule has 34 heavy (non-hydrogen) atoms. The first-order valence-corrected chi connectivity index (χ1v) is 16.5.